The highest BCUT2D eigenvalue weighted by atomic mass is 35.5. The number of rotatable bonds is 3. The zero-order chi connectivity index (χ0) is 11.7. The van der Waals surface area contributed by atoms with E-state index in [9.17, 15) is 0 Å². The minimum Gasteiger partial charge on any atom is -0.339 e. The van der Waals surface area contributed by atoms with Gasteiger partial charge in [-0.15, -0.1) is 0 Å². The van der Waals surface area contributed by atoms with E-state index in [4.69, 9.17) is 16.1 Å². The van der Waals surface area contributed by atoms with Gasteiger partial charge in [0, 0.05) is 12.6 Å². The van der Waals surface area contributed by atoms with Gasteiger partial charge in [-0.1, -0.05) is 16.8 Å². The average molecular weight is 251 g/mol. The summed E-state index contributed by atoms with van der Waals surface area (Å²) in [4.78, 5) is 8.47. The molecular formula is C11H11ClN4O. The van der Waals surface area contributed by atoms with Crippen LogP contribution >= 0.6 is 11.6 Å². The Kier molecular flexibility index (Phi) is 2.78. The van der Waals surface area contributed by atoms with E-state index in [1.807, 2.05) is 0 Å². The van der Waals surface area contributed by atoms with E-state index in [1.54, 1.807) is 18.3 Å². The van der Waals surface area contributed by atoms with Crippen molar-refractivity contribution in [3.63, 3.8) is 0 Å². The van der Waals surface area contributed by atoms with Gasteiger partial charge in [-0.3, -0.25) is 4.98 Å². The largest absolute Gasteiger partial charge is 0.339 e. The fourth-order valence-electron chi connectivity index (χ4n) is 1.69. The van der Waals surface area contributed by atoms with Crippen molar-refractivity contribution >= 4 is 11.6 Å². The van der Waals surface area contributed by atoms with Crippen LogP contribution in [0.4, 0.5) is 0 Å². The minimum atomic E-state index is 0.518. The Morgan fingerprint density at radius 3 is 2.94 bits per heavy atom. The molecule has 0 aliphatic carbocycles. The predicted molar refractivity (Wildman–Crippen MR) is 62.6 cm³/mol. The van der Waals surface area contributed by atoms with Crippen molar-refractivity contribution < 1.29 is 4.52 Å². The summed E-state index contributed by atoms with van der Waals surface area (Å²) in [5.41, 5.74) is 0.677. The summed E-state index contributed by atoms with van der Waals surface area (Å²) in [6.07, 6.45) is 2.40. The van der Waals surface area contributed by atoms with E-state index in [1.165, 1.54) is 0 Å². The van der Waals surface area contributed by atoms with Crippen molar-refractivity contribution in [2.45, 2.75) is 6.42 Å². The Bertz CT molecular complexity index is 506. The van der Waals surface area contributed by atoms with E-state index in [0.29, 0.717) is 28.3 Å². The highest BCUT2D eigenvalue weighted by molar-refractivity contribution is 6.30. The Labute approximate surface area is 103 Å². The van der Waals surface area contributed by atoms with Crippen LogP contribution < -0.4 is 5.32 Å². The highest BCUT2D eigenvalue weighted by Crippen LogP contribution is 2.17. The summed E-state index contributed by atoms with van der Waals surface area (Å²) in [6.45, 7) is 2.05. The topological polar surface area (TPSA) is 63.8 Å². The number of aromatic nitrogens is 3. The summed E-state index contributed by atoms with van der Waals surface area (Å²) < 4.78 is 5.19. The Hall–Kier alpha value is -1.46. The van der Waals surface area contributed by atoms with Crippen molar-refractivity contribution in [1.82, 2.24) is 20.4 Å². The summed E-state index contributed by atoms with van der Waals surface area (Å²) >= 11 is 5.77. The third-order valence-corrected chi connectivity index (χ3v) is 2.98. The predicted octanol–water partition coefficient (Wildman–Crippen LogP) is 1.55. The monoisotopic (exact) mass is 250 g/mol. The number of nitrogens with one attached hydrogen (secondary N) is 1. The van der Waals surface area contributed by atoms with Gasteiger partial charge >= 0.3 is 0 Å². The number of hydrogen-bond acceptors (Lipinski definition) is 5. The van der Waals surface area contributed by atoms with Crippen LogP contribution in [0.2, 0.25) is 5.02 Å². The molecule has 0 bridgehead atoms. The van der Waals surface area contributed by atoms with Crippen LogP contribution in [-0.2, 0) is 6.42 Å². The fourth-order valence-corrected chi connectivity index (χ4v) is 1.80. The molecule has 2 aromatic heterocycles. The van der Waals surface area contributed by atoms with Crippen molar-refractivity contribution in [3.8, 4) is 11.5 Å². The van der Waals surface area contributed by atoms with Crippen LogP contribution in [0.15, 0.2) is 22.9 Å². The third kappa shape index (κ3) is 2.30. The van der Waals surface area contributed by atoms with Crippen LogP contribution in [0.3, 0.4) is 0 Å². The molecule has 0 aromatic carbocycles. The first-order valence-electron chi connectivity index (χ1n) is 5.46. The first-order valence-corrected chi connectivity index (χ1v) is 5.84. The number of nitrogens with zero attached hydrogens (tertiary/aromatic N) is 3. The quantitative estimate of drug-likeness (QED) is 0.895. The van der Waals surface area contributed by atoms with Crippen molar-refractivity contribution in [3.05, 3.63) is 29.2 Å². The summed E-state index contributed by atoms with van der Waals surface area (Å²) in [5.74, 6) is 1.80. The molecule has 1 aliphatic heterocycles. The first kappa shape index (κ1) is 10.7. The van der Waals surface area contributed by atoms with E-state index < -0.39 is 0 Å². The first-order chi connectivity index (χ1) is 8.31. The second-order valence-corrected chi connectivity index (χ2v) is 4.54. The van der Waals surface area contributed by atoms with E-state index in [2.05, 4.69) is 20.4 Å². The smallest absolute Gasteiger partial charge is 0.227 e. The van der Waals surface area contributed by atoms with Gasteiger partial charge in [0.2, 0.25) is 11.7 Å². The number of halogens is 1. The lowest BCUT2D eigenvalue weighted by Crippen LogP contribution is -2.43. The lowest BCUT2D eigenvalue weighted by Gasteiger charge is -2.25. The lowest BCUT2D eigenvalue weighted by atomic mass is 10.00. The molecule has 0 unspecified atom stereocenters. The van der Waals surface area contributed by atoms with Crippen LogP contribution in [-0.4, -0.2) is 28.2 Å². The maximum absolute atomic E-state index is 5.77. The molecule has 0 radical (unpaired) electrons. The van der Waals surface area contributed by atoms with Gasteiger partial charge in [-0.2, -0.15) is 4.98 Å². The molecule has 1 N–H and O–H groups in total. The molecule has 0 saturated carbocycles. The molecule has 0 atom stereocenters. The molecule has 1 fully saturated rings. The van der Waals surface area contributed by atoms with E-state index in [-0.39, 0.29) is 0 Å². The van der Waals surface area contributed by atoms with Crippen LogP contribution in [0, 0.1) is 5.92 Å². The van der Waals surface area contributed by atoms with Gasteiger partial charge in [0.05, 0.1) is 5.02 Å². The summed E-state index contributed by atoms with van der Waals surface area (Å²) in [5, 5.41) is 7.72. The molecule has 2 aromatic rings. The zero-order valence-electron chi connectivity index (χ0n) is 9.06. The Morgan fingerprint density at radius 2 is 2.29 bits per heavy atom. The zero-order valence-corrected chi connectivity index (χ0v) is 9.81. The summed E-state index contributed by atoms with van der Waals surface area (Å²) in [6, 6.07) is 3.54. The maximum Gasteiger partial charge on any atom is 0.227 e. The average Bonchev–Trinajstić information content (AvgIpc) is 2.73. The van der Waals surface area contributed by atoms with Gasteiger partial charge in [0.15, 0.2) is 0 Å². The molecular weight excluding hydrogens is 240 g/mol. The number of pyridine rings is 1. The Morgan fingerprint density at radius 1 is 1.41 bits per heavy atom. The van der Waals surface area contributed by atoms with Gasteiger partial charge in [-0.05, 0) is 31.1 Å². The Balaban J connectivity index is 1.76. The molecule has 1 saturated heterocycles. The molecule has 0 spiro atoms. The van der Waals surface area contributed by atoms with Gasteiger partial charge < -0.3 is 9.84 Å². The molecule has 1 aliphatic rings. The highest BCUT2D eigenvalue weighted by Gasteiger charge is 2.20. The van der Waals surface area contributed by atoms with Gasteiger partial charge in [0.1, 0.15) is 5.69 Å². The third-order valence-electron chi connectivity index (χ3n) is 2.75. The fraction of sp³-hybridized carbons (Fsp3) is 0.364. The minimum absolute atomic E-state index is 0.518. The second-order valence-electron chi connectivity index (χ2n) is 4.10. The molecule has 17 heavy (non-hydrogen) atoms. The van der Waals surface area contributed by atoms with Crippen molar-refractivity contribution in [2.24, 2.45) is 5.92 Å². The molecule has 88 valence electrons. The molecule has 6 heteroatoms. The van der Waals surface area contributed by atoms with Gasteiger partial charge in [0.25, 0.3) is 0 Å². The maximum atomic E-state index is 5.77. The normalized spacial score (nSPS) is 15.8. The SMILES string of the molecule is Clc1ccc(-c2noc(CC3CNC3)n2)nc1. The standard InChI is InChI=1S/C11H11ClN4O/c12-8-1-2-9(14-6-8)11-15-10(17-16-11)3-7-4-13-5-7/h1-2,6-7,13H,3-5H2. The molecule has 3 rings (SSSR count). The molecule has 5 nitrogen and oxygen atoms in total. The number of hydrogen-bond donors (Lipinski definition) is 1. The molecule has 0 amide bonds. The second kappa shape index (κ2) is 4.43. The van der Waals surface area contributed by atoms with Crippen LogP contribution in [0.5, 0.6) is 0 Å². The van der Waals surface area contributed by atoms with E-state index >= 15 is 0 Å². The van der Waals surface area contributed by atoms with Crippen molar-refractivity contribution in [2.75, 3.05) is 13.1 Å². The summed E-state index contributed by atoms with van der Waals surface area (Å²) in [7, 11) is 0. The molecule has 3 heterocycles. The van der Waals surface area contributed by atoms with Crippen LogP contribution in [0.25, 0.3) is 11.5 Å². The van der Waals surface area contributed by atoms with Crippen molar-refractivity contribution in [1.29, 1.82) is 0 Å². The van der Waals surface area contributed by atoms with Gasteiger partial charge in [-0.25, -0.2) is 0 Å². The lowest BCUT2D eigenvalue weighted by molar-refractivity contribution is 0.296. The van der Waals surface area contributed by atoms with Crippen LogP contribution in [0.1, 0.15) is 5.89 Å². The van der Waals surface area contributed by atoms with E-state index in [0.717, 1.165) is 19.5 Å².